The summed E-state index contributed by atoms with van der Waals surface area (Å²) in [6.07, 6.45) is 2.71. The van der Waals surface area contributed by atoms with Crippen LogP contribution in [0.4, 0.5) is 0 Å². The van der Waals surface area contributed by atoms with Crippen molar-refractivity contribution in [3.8, 4) is 5.75 Å². The predicted octanol–water partition coefficient (Wildman–Crippen LogP) is 4.54. The summed E-state index contributed by atoms with van der Waals surface area (Å²) in [5, 5.41) is 0.0991. The molecule has 0 spiro atoms. The molecular formula is C21H24ClNO4S. The van der Waals surface area contributed by atoms with Crippen LogP contribution in [0.15, 0.2) is 47.4 Å². The fraction of sp³-hybridized carbons (Fsp3) is 0.381. The lowest BCUT2D eigenvalue weighted by Gasteiger charge is -2.30. The molecule has 1 heterocycles. The van der Waals surface area contributed by atoms with Crippen LogP contribution in [0, 0.1) is 5.92 Å². The van der Waals surface area contributed by atoms with Gasteiger partial charge in [0.05, 0.1) is 10.6 Å². The van der Waals surface area contributed by atoms with Gasteiger partial charge >= 0.3 is 5.97 Å². The van der Waals surface area contributed by atoms with Crippen molar-refractivity contribution in [2.75, 3.05) is 13.1 Å². The Morgan fingerprint density at radius 2 is 1.93 bits per heavy atom. The highest BCUT2D eigenvalue weighted by atomic mass is 35.5. The summed E-state index contributed by atoms with van der Waals surface area (Å²) in [5.74, 6) is 0.0809. The summed E-state index contributed by atoms with van der Waals surface area (Å²) in [6.45, 7) is 4.99. The molecule has 1 atom stereocenters. The van der Waals surface area contributed by atoms with Crippen molar-refractivity contribution in [1.29, 1.82) is 0 Å². The molecule has 7 heteroatoms. The second-order valence-electron chi connectivity index (χ2n) is 7.14. The Morgan fingerprint density at radius 3 is 2.57 bits per heavy atom. The maximum absolute atomic E-state index is 13.0. The van der Waals surface area contributed by atoms with Crippen LogP contribution in [0.25, 0.3) is 0 Å². The minimum Gasteiger partial charge on any atom is -0.423 e. The van der Waals surface area contributed by atoms with Gasteiger partial charge in [-0.1, -0.05) is 37.6 Å². The van der Waals surface area contributed by atoms with E-state index in [1.54, 1.807) is 12.1 Å². The SMILES string of the molecule is CCc1ccc(OC(=O)c2ccc(Cl)c(S(=O)(=O)N3CCC[C@H](C)C3)c2)cc1. The zero-order valence-electron chi connectivity index (χ0n) is 16.0. The first-order valence-electron chi connectivity index (χ1n) is 9.42. The number of carbonyl (C=O) groups is 1. The molecule has 0 bridgehead atoms. The maximum Gasteiger partial charge on any atom is 0.343 e. The number of aryl methyl sites for hydroxylation is 1. The number of sulfonamides is 1. The van der Waals surface area contributed by atoms with Crippen molar-refractivity contribution >= 4 is 27.6 Å². The number of esters is 1. The summed E-state index contributed by atoms with van der Waals surface area (Å²) in [5.41, 5.74) is 1.28. The molecule has 2 aromatic carbocycles. The normalized spacial score (nSPS) is 18.0. The molecule has 1 aliphatic heterocycles. The highest BCUT2D eigenvalue weighted by Crippen LogP contribution is 2.29. The van der Waals surface area contributed by atoms with E-state index in [0.717, 1.165) is 24.8 Å². The van der Waals surface area contributed by atoms with Crippen molar-refractivity contribution in [2.45, 2.75) is 38.0 Å². The number of carbonyl (C=O) groups excluding carboxylic acids is 1. The molecular weight excluding hydrogens is 398 g/mol. The van der Waals surface area contributed by atoms with Crippen molar-refractivity contribution in [2.24, 2.45) is 5.92 Å². The van der Waals surface area contributed by atoms with E-state index in [0.29, 0.717) is 24.8 Å². The standard InChI is InChI=1S/C21H24ClNO4S/c1-3-16-6-9-18(10-7-16)27-21(24)17-8-11-19(22)20(13-17)28(25,26)23-12-4-5-15(2)14-23/h6-11,13,15H,3-5,12,14H2,1-2H3/t15-/m0/s1. The molecule has 1 saturated heterocycles. The number of benzene rings is 2. The van der Waals surface area contributed by atoms with Gasteiger partial charge in [0.15, 0.2) is 0 Å². The van der Waals surface area contributed by atoms with Crippen molar-refractivity contribution < 1.29 is 17.9 Å². The van der Waals surface area contributed by atoms with E-state index in [1.165, 1.54) is 22.5 Å². The first-order chi connectivity index (χ1) is 13.3. The molecule has 1 fully saturated rings. The van der Waals surface area contributed by atoms with E-state index < -0.39 is 16.0 Å². The Hall–Kier alpha value is -1.89. The van der Waals surface area contributed by atoms with Crippen LogP contribution < -0.4 is 4.74 Å². The van der Waals surface area contributed by atoms with E-state index in [4.69, 9.17) is 16.3 Å². The number of piperidine rings is 1. The fourth-order valence-corrected chi connectivity index (χ4v) is 5.39. The molecule has 150 valence electrons. The van der Waals surface area contributed by atoms with Gasteiger partial charge in [0, 0.05) is 13.1 Å². The third-order valence-corrected chi connectivity index (χ3v) is 7.29. The molecule has 0 saturated carbocycles. The highest BCUT2D eigenvalue weighted by Gasteiger charge is 2.31. The molecule has 2 aromatic rings. The van der Waals surface area contributed by atoms with E-state index in [-0.39, 0.29) is 15.5 Å². The van der Waals surface area contributed by atoms with Crippen molar-refractivity contribution in [3.63, 3.8) is 0 Å². The van der Waals surface area contributed by atoms with Gasteiger partial charge in [0.25, 0.3) is 0 Å². The van der Waals surface area contributed by atoms with Crippen LogP contribution in [0.3, 0.4) is 0 Å². The Bertz CT molecular complexity index is 957. The summed E-state index contributed by atoms with van der Waals surface area (Å²) >= 11 is 6.18. The average molecular weight is 422 g/mol. The smallest absolute Gasteiger partial charge is 0.343 e. The predicted molar refractivity (Wildman–Crippen MR) is 109 cm³/mol. The van der Waals surface area contributed by atoms with Gasteiger partial charge in [-0.3, -0.25) is 0 Å². The summed E-state index contributed by atoms with van der Waals surface area (Å²) in [6, 6.07) is 11.4. The highest BCUT2D eigenvalue weighted by molar-refractivity contribution is 7.89. The number of hydrogen-bond acceptors (Lipinski definition) is 4. The number of ether oxygens (including phenoxy) is 1. The first kappa shape index (κ1) is 20.8. The molecule has 5 nitrogen and oxygen atoms in total. The lowest BCUT2D eigenvalue weighted by molar-refractivity contribution is 0.0734. The molecule has 0 unspecified atom stereocenters. The Labute approximate surface area is 171 Å². The molecule has 0 amide bonds. The second kappa shape index (κ2) is 8.64. The van der Waals surface area contributed by atoms with Crippen LogP contribution in [-0.2, 0) is 16.4 Å². The summed E-state index contributed by atoms with van der Waals surface area (Å²) < 4.78 is 32.9. The Morgan fingerprint density at radius 1 is 1.21 bits per heavy atom. The van der Waals surface area contributed by atoms with Gasteiger partial charge in [-0.25, -0.2) is 13.2 Å². The molecule has 0 aliphatic carbocycles. The lowest BCUT2D eigenvalue weighted by Crippen LogP contribution is -2.39. The number of hydrogen-bond donors (Lipinski definition) is 0. The van der Waals surface area contributed by atoms with Crippen molar-refractivity contribution in [3.05, 3.63) is 58.6 Å². The Kier molecular flexibility index (Phi) is 6.43. The van der Waals surface area contributed by atoms with Crippen LogP contribution >= 0.6 is 11.6 Å². The van der Waals surface area contributed by atoms with Crippen LogP contribution in [-0.4, -0.2) is 31.8 Å². The zero-order chi connectivity index (χ0) is 20.3. The van der Waals surface area contributed by atoms with Gasteiger partial charge < -0.3 is 4.74 Å². The Balaban J connectivity index is 1.84. The summed E-state index contributed by atoms with van der Waals surface area (Å²) in [4.78, 5) is 12.5. The van der Waals surface area contributed by atoms with Gasteiger partial charge in [0.1, 0.15) is 10.6 Å². The largest absolute Gasteiger partial charge is 0.423 e. The lowest BCUT2D eigenvalue weighted by atomic mass is 10.0. The van der Waals surface area contributed by atoms with Gasteiger partial charge in [0.2, 0.25) is 10.0 Å². The number of halogens is 1. The van der Waals surface area contributed by atoms with Gasteiger partial charge in [-0.15, -0.1) is 0 Å². The van der Waals surface area contributed by atoms with Gasteiger partial charge in [-0.2, -0.15) is 4.31 Å². The molecule has 0 radical (unpaired) electrons. The molecule has 0 N–H and O–H groups in total. The van der Waals surface area contributed by atoms with Crippen LogP contribution in [0.1, 0.15) is 42.6 Å². The minimum absolute atomic E-state index is 0.0564. The maximum atomic E-state index is 13.0. The summed E-state index contributed by atoms with van der Waals surface area (Å²) in [7, 11) is -3.77. The van der Waals surface area contributed by atoms with E-state index in [9.17, 15) is 13.2 Å². The topological polar surface area (TPSA) is 63.7 Å². The average Bonchev–Trinajstić information content (AvgIpc) is 2.68. The van der Waals surface area contributed by atoms with Crippen LogP contribution in [0.5, 0.6) is 5.75 Å². The molecule has 3 rings (SSSR count). The monoisotopic (exact) mass is 421 g/mol. The quantitative estimate of drug-likeness (QED) is 0.525. The van der Waals surface area contributed by atoms with Crippen LogP contribution in [0.2, 0.25) is 5.02 Å². The van der Waals surface area contributed by atoms with E-state index in [2.05, 4.69) is 0 Å². The third kappa shape index (κ3) is 4.57. The first-order valence-corrected chi connectivity index (χ1v) is 11.2. The number of rotatable bonds is 5. The minimum atomic E-state index is -3.77. The molecule has 0 aromatic heterocycles. The van der Waals surface area contributed by atoms with E-state index in [1.807, 2.05) is 26.0 Å². The third-order valence-electron chi connectivity index (χ3n) is 4.95. The second-order valence-corrected chi connectivity index (χ2v) is 9.46. The molecule has 1 aliphatic rings. The number of nitrogens with zero attached hydrogens (tertiary/aromatic N) is 1. The fourth-order valence-electron chi connectivity index (χ4n) is 3.29. The zero-order valence-corrected chi connectivity index (χ0v) is 17.6. The van der Waals surface area contributed by atoms with Gasteiger partial charge in [-0.05, 0) is 61.1 Å². The van der Waals surface area contributed by atoms with Crippen molar-refractivity contribution in [1.82, 2.24) is 4.31 Å². The van der Waals surface area contributed by atoms with E-state index >= 15 is 0 Å². The molecule has 28 heavy (non-hydrogen) atoms.